The molecule has 3 heterocycles. The van der Waals surface area contributed by atoms with Crippen molar-refractivity contribution in [2.75, 3.05) is 11.9 Å². The summed E-state index contributed by atoms with van der Waals surface area (Å²) in [4.78, 5) is 11.3. The first-order valence-electron chi connectivity index (χ1n) is 9.12. The Labute approximate surface area is 170 Å². The third-order valence-electron chi connectivity index (χ3n) is 4.75. The molecule has 0 aliphatic carbocycles. The number of alkyl halides is 3. The molecule has 0 N–H and O–H groups in total. The maximum absolute atomic E-state index is 12.8. The van der Waals surface area contributed by atoms with E-state index in [1.165, 1.54) is 23.5 Å². The summed E-state index contributed by atoms with van der Waals surface area (Å²) >= 11 is 1.44. The highest BCUT2D eigenvalue weighted by Gasteiger charge is 2.30. The molecule has 150 valence electrons. The average molecular weight is 416 g/mol. The number of pyridine rings is 1. The Balaban J connectivity index is 1.70. The minimum absolute atomic E-state index is 0.647. The molecule has 4 rings (SSSR count). The van der Waals surface area contributed by atoms with E-state index in [4.69, 9.17) is 4.98 Å². The van der Waals surface area contributed by atoms with Crippen LogP contribution in [0.5, 0.6) is 0 Å². The molecule has 0 spiro atoms. The normalized spacial score (nSPS) is 11.9. The van der Waals surface area contributed by atoms with E-state index in [2.05, 4.69) is 11.9 Å². The smallest absolute Gasteiger partial charge is 0.305 e. The maximum Gasteiger partial charge on any atom is 0.416 e. The zero-order valence-corrected chi connectivity index (χ0v) is 17.0. The standard InChI is InChI=1S/C21H19F3N4S/c1-4-16-19(28-11-13(2)5-10-18(28)25-16)27(3)20-26-17(12-29-20)14-6-8-15(9-7-14)21(22,23)24/h5-12H,4H2,1-3H3. The second-order valence-electron chi connectivity index (χ2n) is 6.82. The van der Waals surface area contributed by atoms with Gasteiger partial charge in [-0.05, 0) is 37.1 Å². The molecule has 8 heteroatoms. The summed E-state index contributed by atoms with van der Waals surface area (Å²) in [6, 6.07) is 9.09. The quantitative estimate of drug-likeness (QED) is 0.402. The molecule has 0 aliphatic rings. The molecule has 0 radical (unpaired) electrons. The Morgan fingerprint density at radius 1 is 1.07 bits per heavy atom. The van der Waals surface area contributed by atoms with E-state index in [-0.39, 0.29) is 0 Å². The van der Waals surface area contributed by atoms with Gasteiger partial charge in [0, 0.05) is 24.2 Å². The number of benzene rings is 1. The lowest BCUT2D eigenvalue weighted by atomic mass is 10.1. The summed E-state index contributed by atoms with van der Waals surface area (Å²) in [5.41, 5.74) is 3.59. The van der Waals surface area contributed by atoms with E-state index in [0.717, 1.165) is 46.4 Å². The highest BCUT2D eigenvalue weighted by molar-refractivity contribution is 7.14. The van der Waals surface area contributed by atoms with Crippen molar-refractivity contribution < 1.29 is 13.2 Å². The number of aryl methyl sites for hydroxylation is 2. The molecule has 0 saturated heterocycles. The third-order valence-corrected chi connectivity index (χ3v) is 5.67. The van der Waals surface area contributed by atoms with Crippen LogP contribution in [0.1, 0.15) is 23.7 Å². The van der Waals surface area contributed by atoms with Crippen molar-refractivity contribution in [1.29, 1.82) is 0 Å². The number of aromatic nitrogens is 3. The van der Waals surface area contributed by atoms with Crippen LogP contribution in [0.4, 0.5) is 24.1 Å². The molecule has 0 unspecified atom stereocenters. The van der Waals surface area contributed by atoms with Crippen LogP contribution in [-0.2, 0) is 12.6 Å². The number of fused-ring (bicyclic) bond motifs is 1. The summed E-state index contributed by atoms with van der Waals surface area (Å²) in [5.74, 6) is 0.944. The van der Waals surface area contributed by atoms with E-state index in [0.29, 0.717) is 11.3 Å². The van der Waals surface area contributed by atoms with E-state index >= 15 is 0 Å². The van der Waals surface area contributed by atoms with Gasteiger partial charge < -0.3 is 4.90 Å². The summed E-state index contributed by atoms with van der Waals surface area (Å²) in [5, 5.41) is 2.60. The van der Waals surface area contributed by atoms with Gasteiger partial charge in [0.1, 0.15) is 11.5 Å². The van der Waals surface area contributed by atoms with Crippen LogP contribution < -0.4 is 4.90 Å². The van der Waals surface area contributed by atoms with Gasteiger partial charge in [-0.25, -0.2) is 9.97 Å². The molecule has 4 nitrogen and oxygen atoms in total. The van der Waals surface area contributed by atoms with Gasteiger partial charge in [-0.3, -0.25) is 4.40 Å². The van der Waals surface area contributed by atoms with E-state index in [1.54, 1.807) is 0 Å². The molecule has 1 aromatic carbocycles. The van der Waals surface area contributed by atoms with Crippen LogP contribution in [0, 0.1) is 6.92 Å². The average Bonchev–Trinajstić information content (AvgIpc) is 3.31. The third kappa shape index (κ3) is 3.60. The van der Waals surface area contributed by atoms with E-state index in [9.17, 15) is 13.2 Å². The molecule has 4 aromatic rings. The fourth-order valence-corrected chi connectivity index (χ4v) is 4.05. The van der Waals surface area contributed by atoms with Gasteiger partial charge in [0.15, 0.2) is 5.13 Å². The molecular formula is C21H19F3N4S. The lowest BCUT2D eigenvalue weighted by Gasteiger charge is -2.17. The summed E-state index contributed by atoms with van der Waals surface area (Å²) in [6.07, 6.45) is -1.53. The Morgan fingerprint density at radius 3 is 2.45 bits per heavy atom. The van der Waals surface area contributed by atoms with Crippen molar-refractivity contribution in [2.24, 2.45) is 0 Å². The minimum Gasteiger partial charge on any atom is -0.305 e. The van der Waals surface area contributed by atoms with Crippen molar-refractivity contribution in [3.63, 3.8) is 0 Å². The van der Waals surface area contributed by atoms with Crippen molar-refractivity contribution in [1.82, 2.24) is 14.4 Å². The van der Waals surface area contributed by atoms with Gasteiger partial charge in [0.05, 0.1) is 17.0 Å². The Kier molecular flexibility index (Phi) is 4.82. The molecule has 29 heavy (non-hydrogen) atoms. The number of imidazole rings is 1. The van der Waals surface area contributed by atoms with Crippen LogP contribution in [-0.4, -0.2) is 21.4 Å². The highest BCUT2D eigenvalue weighted by Crippen LogP contribution is 2.35. The van der Waals surface area contributed by atoms with Crippen molar-refractivity contribution in [2.45, 2.75) is 26.4 Å². The Bertz CT molecular complexity index is 1160. The monoisotopic (exact) mass is 416 g/mol. The summed E-state index contributed by atoms with van der Waals surface area (Å²) in [6.45, 7) is 4.09. The first kappa shape index (κ1) is 19.4. The summed E-state index contributed by atoms with van der Waals surface area (Å²) in [7, 11) is 1.93. The fraction of sp³-hybridized carbons (Fsp3) is 0.238. The topological polar surface area (TPSA) is 33.4 Å². The van der Waals surface area contributed by atoms with Gasteiger partial charge in [-0.15, -0.1) is 11.3 Å². The summed E-state index contributed by atoms with van der Waals surface area (Å²) < 4.78 is 40.4. The molecule has 0 atom stereocenters. The number of hydrogen-bond donors (Lipinski definition) is 0. The Morgan fingerprint density at radius 2 is 1.79 bits per heavy atom. The first-order chi connectivity index (χ1) is 13.8. The van der Waals surface area contributed by atoms with Gasteiger partial charge >= 0.3 is 6.18 Å². The van der Waals surface area contributed by atoms with Crippen LogP contribution in [0.2, 0.25) is 0 Å². The van der Waals surface area contributed by atoms with Crippen molar-refractivity contribution in [3.8, 4) is 11.3 Å². The second-order valence-corrected chi connectivity index (χ2v) is 7.66. The predicted molar refractivity (Wildman–Crippen MR) is 110 cm³/mol. The fourth-order valence-electron chi connectivity index (χ4n) is 3.25. The Hall–Kier alpha value is -2.87. The molecule has 0 saturated carbocycles. The highest BCUT2D eigenvalue weighted by atomic mass is 32.1. The number of rotatable bonds is 4. The van der Waals surface area contributed by atoms with E-state index < -0.39 is 11.7 Å². The SMILES string of the molecule is CCc1nc2ccc(C)cn2c1N(C)c1nc(-c2ccc(C(F)(F)F)cc2)cs1. The van der Waals surface area contributed by atoms with Crippen LogP contribution in [0.25, 0.3) is 16.9 Å². The predicted octanol–water partition coefficient (Wildman–Crippen LogP) is 6.12. The second kappa shape index (κ2) is 7.18. The lowest BCUT2D eigenvalue weighted by molar-refractivity contribution is -0.137. The van der Waals surface area contributed by atoms with Gasteiger partial charge in [0.2, 0.25) is 0 Å². The van der Waals surface area contributed by atoms with Crippen LogP contribution in [0.3, 0.4) is 0 Å². The zero-order valence-electron chi connectivity index (χ0n) is 16.2. The number of anilines is 2. The van der Waals surface area contributed by atoms with Crippen LogP contribution in [0.15, 0.2) is 48.0 Å². The molecular weight excluding hydrogens is 397 g/mol. The molecule has 0 bridgehead atoms. The maximum atomic E-state index is 12.8. The van der Waals surface area contributed by atoms with Gasteiger partial charge in [-0.1, -0.05) is 25.1 Å². The zero-order chi connectivity index (χ0) is 20.8. The lowest BCUT2D eigenvalue weighted by Crippen LogP contribution is -2.13. The number of thiazole rings is 1. The molecule has 0 aliphatic heterocycles. The van der Waals surface area contributed by atoms with Crippen LogP contribution >= 0.6 is 11.3 Å². The molecule has 0 amide bonds. The van der Waals surface area contributed by atoms with E-state index in [1.807, 2.05) is 47.0 Å². The van der Waals surface area contributed by atoms with Gasteiger partial charge in [-0.2, -0.15) is 13.2 Å². The molecule has 0 fully saturated rings. The van der Waals surface area contributed by atoms with Crippen molar-refractivity contribution >= 4 is 27.9 Å². The number of halogens is 3. The largest absolute Gasteiger partial charge is 0.416 e. The van der Waals surface area contributed by atoms with Crippen molar-refractivity contribution in [3.05, 3.63) is 64.8 Å². The number of hydrogen-bond acceptors (Lipinski definition) is 4. The molecule has 3 aromatic heterocycles. The van der Waals surface area contributed by atoms with Gasteiger partial charge in [0.25, 0.3) is 0 Å². The first-order valence-corrected chi connectivity index (χ1v) is 10.0. The number of nitrogens with zero attached hydrogens (tertiary/aromatic N) is 4. The minimum atomic E-state index is -4.34.